The molecule has 0 bridgehead atoms. The smallest absolute Gasteiger partial charge is 0.308 e. The third-order valence-corrected chi connectivity index (χ3v) is 6.12. The van der Waals surface area contributed by atoms with Crippen LogP contribution in [-0.2, 0) is 25.5 Å². The third kappa shape index (κ3) is 6.57. The molecule has 2 amide bonds. The normalized spacial score (nSPS) is 15.2. The van der Waals surface area contributed by atoms with Crippen LogP contribution in [0, 0.1) is 0 Å². The second-order valence-electron chi connectivity index (χ2n) is 8.25. The number of hydrogen-bond donors (Lipinski definition) is 2. The fraction of sp³-hybridized carbons (Fsp3) is 0.259. The van der Waals surface area contributed by atoms with Crippen LogP contribution < -0.4 is 15.4 Å². The zero-order valence-corrected chi connectivity index (χ0v) is 20.5. The fourth-order valence-electron chi connectivity index (χ4n) is 4.06. The SMILES string of the molecule is O=C(Cc1cccc2ccccc12)NC(=S)N1CCNC(=O)C1CC(=O)OCCOc1ccccc1. The van der Waals surface area contributed by atoms with Crippen LogP contribution in [-0.4, -0.2) is 60.1 Å². The van der Waals surface area contributed by atoms with Gasteiger partial charge in [0.1, 0.15) is 25.0 Å². The van der Waals surface area contributed by atoms with E-state index < -0.39 is 12.0 Å². The Morgan fingerprint density at radius 2 is 1.75 bits per heavy atom. The summed E-state index contributed by atoms with van der Waals surface area (Å²) >= 11 is 5.45. The molecule has 1 fully saturated rings. The van der Waals surface area contributed by atoms with Crippen LogP contribution in [0.5, 0.6) is 5.75 Å². The van der Waals surface area contributed by atoms with Crippen molar-refractivity contribution in [1.82, 2.24) is 15.5 Å². The Hall–Kier alpha value is -3.98. The molecule has 0 spiro atoms. The van der Waals surface area contributed by atoms with Crippen molar-refractivity contribution in [3.05, 3.63) is 78.4 Å². The molecule has 1 atom stereocenters. The van der Waals surface area contributed by atoms with Crippen LogP contribution in [0.2, 0.25) is 0 Å². The molecule has 1 aliphatic rings. The molecule has 0 aliphatic carbocycles. The third-order valence-electron chi connectivity index (χ3n) is 5.79. The molecule has 0 radical (unpaired) electrons. The zero-order valence-electron chi connectivity index (χ0n) is 19.6. The molecular formula is C27H27N3O5S. The topological polar surface area (TPSA) is 97.0 Å². The highest BCUT2D eigenvalue weighted by Gasteiger charge is 2.34. The van der Waals surface area contributed by atoms with Crippen molar-refractivity contribution < 1.29 is 23.9 Å². The van der Waals surface area contributed by atoms with Crippen LogP contribution in [0.1, 0.15) is 12.0 Å². The van der Waals surface area contributed by atoms with Crippen molar-refractivity contribution in [1.29, 1.82) is 0 Å². The van der Waals surface area contributed by atoms with E-state index in [1.54, 1.807) is 4.90 Å². The Kier molecular flexibility index (Phi) is 8.46. The molecule has 4 rings (SSSR count). The van der Waals surface area contributed by atoms with Gasteiger partial charge in [0.25, 0.3) is 0 Å². The molecular weight excluding hydrogens is 478 g/mol. The Morgan fingerprint density at radius 3 is 2.58 bits per heavy atom. The van der Waals surface area contributed by atoms with Crippen LogP contribution >= 0.6 is 12.2 Å². The van der Waals surface area contributed by atoms with Gasteiger partial charge in [0, 0.05) is 13.1 Å². The van der Waals surface area contributed by atoms with Crippen LogP contribution in [0.25, 0.3) is 10.8 Å². The summed E-state index contributed by atoms with van der Waals surface area (Å²) in [4.78, 5) is 39.3. The molecule has 3 aromatic carbocycles. The number of nitrogens with zero attached hydrogens (tertiary/aromatic N) is 1. The quantitative estimate of drug-likeness (QED) is 0.276. The number of amides is 2. The number of thiocarbonyl (C=S) groups is 1. The van der Waals surface area contributed by atoms with Gasteiger partial charge in [-0.25, -0.2) is 0 Å². The first-order valence-corrected chi connectivity index (χ1v) is 12.1. The molecule has 9 heteroatoms. The summed E-state index contributed by atoms with van der Waals surface area (Å²) in [5, 5.41) is 7.62. The molecule has 0 saturated carbocycles. The first kappa shape index (κ1) is 25.1. The standard InChI is InChI=1S/C27H27N3O5S/c31-24(17-20-9-6-8-19-7-4-5-12-22(19)20)29-27(36)30-14-13-28-26(33)23(30)18-25(32)35-16-15-34-21-10-2-1-3-11-21/h1-12,23H,13-18H2,(H,28,33)(H,29,31,36). The van der Waals surface area contributed by atoms with Gasteiger partial charge < -0.3 is 25.0 Å². The summed E-state index contributed by atoms with van der Waals surface area (Å²) in [5.74, 6) is -0.509. The number of carbonyl (C=O) groups excluding carboxylic acids is 3. The Labute approximate surface area is 214 Å². The number of ether oxygens (including phenoxy) is 2. The molecule has 3 aromatic rings. The van der Waals surface area contributed by atoms with E-state index in [0.717, 1.165) is 16.3 Å². The second kappa shape index (κ2) is 12.1. The van der Waals surface area contributed by atoms with Crippen molar-refractivity contribution >= 4 is 45.9 Å². The van der Waals surface area contributed by atoms with E-state index in [1.807, 2.05) is 72.8 Å². The number of rotatable bonds is 8. The van der Waals surface area contributed by atoms with E-state index in [0.29, 0.717) is 18.8 Å². The van der Waals surface area contributed by atoms with Gasteiger partial charge in [-0.3, -0.25) is 14.4 Å². The average Bonchev–Trinajstić information content (AvgIpc) is 2.88. The van der Waals surface area contributed by atoms with E-state index in [2.05, 4.69) is 10.6 Å². The minimum Gasteiger partial charge on any atom is -0.490 e. The molecule has 1 aliphatic heterocycles. The number of nitrogens with one attached hydrogen (secondary N) is 2. The molecule has 36 heavy (non-hydrogen) atoms. The highest BCUT2D eigenvalue weighted by Crippen LogP contribution is 2.19. The van der Waals surface area contributed by atoms with Gasteiger partial charge in [-0.1, -0.05) is 60.7 Å². The van der Waals surface area contributed by atoms with E-state index in [-0.39, 0.29) is 43.0 Å². The van der Waals surface area contributed by atoms with Crippen molar-refractivity contribution in [2.45, 2.75) is 18.9 Å². The number of piperazine rings is 1. The van der Waals surface area contributed by atoms with Gasteiger partial charge in [0.15, 0.2) is 5.11 Å². The minimum atomic E-state index is -0.869. The Balaban J connectivity index is 1.30. The maximum atomic E-state index is 12.8. The zero-order chi connectivity index (χ0) is 25.3. The number of carbonyl (C=O) groups is 3. The Bertz CT molecular complexity index is 1250. The maximum Gasteiger partial charge on any atom is 0.308 e. The lowest BCUT2D eigenvalue weighted by atomic mass is 10.0. The number of hydrogen-bond acceptors (Lipinski definition) is 6. The predicted octanol–water partition coefficient (Wildman–Crippen LogP) is 2.60. The van der Waals surface area contributed by atoms with Crippen molar-refractivity contribution in [3.8, 4) is 5.75 Å². The van der Waals surface area contributed by atoms with E-state index in [1.165, 1.54) is 0 Å². The van der Waals surface area contributed by atoms with Gasteiger partial charge in [0.2, 0.25) is 11.8 Å². The van der Waals surface area contributed by atoms with Crippen molar-refractivity contribution in [2.24, 2.45) is 0 Å². The largest absolute Gasteiger partial charge is 0.490 e. The molecule has 1 unspecified atom stereocenters. The Morgan fingerprint density at radius 1 is 1.00 bits per heavy atom. The summed E-state index contributed by atoms with van der Waals surface area (Å²) < 4.78 is 10.8. The van der Waals surface area contributed by atoms with Gasteiger partial charge in [-0.05, 0) is 40.7 Å². The molecule has 1 heterocycles. The molecule has 186 valence electrons. The van der Waals surface area contributed by atoms with Crippen molar-refractivity contribution in [3.63, 3.8) is 0 Å². The monoisotopic (exact) mass is 505 g/mol. The van der Waals surface area contributed by atoms with E-state index in [4.69, 9.17) is 21.7 Å². The lowest BCUT2D eigenvalue weighted by Crippen LogP contribution is -2.60. The minimum absolute atomic E-state index is 0.0499. The van der Waals surface area contributed by atoms with Gasteiger partial charge >= 0.3 is 5.97 Å². The maximum absolute atomic E-state index is 12.8. The lowest BCUT2D eigenvalue weighted by Gasteiger charge is -2.36. The van der Waals surface area contributed by atoms with Gasteiger partial charge in [-0.15, -0.1) is 0 Å². The summed E-state index contributed by atoms with van der Waals surface area (Å²) in [7, 11) is 0. The lowest BCUT2D eigenvalue weighted by molar-refractivity contribution is -0.148. The number of para-hydroxylation sites is 1. The molecule has 2 N–H and O–H groups in total. The van der Waals surface area contributed by atoms with Crippen LogP contribution in [0.3, 0.4) is 0 Å². The van der Waals surface area contributed by atoms with Crippen LogP contribution in [0.15, 0.2) is 72.8 Å². The number of esters is 1. The van der Waals surface area contributed by atoms with Crippen LogP contribution in [0.4, 0.5) is 0 Å². The summed E-state index contributed by atoms with van der Waals surface area (Å²) in [6.45, 7) is 0.968. The van der Waals surface area contributed by atoms with Gasteiger partial charge in [-0.2, -0.15) is 0 Å². The van der Waals surface area contributed by atoms with Crippen molar-refractivity contribution in [2.75, 3.05) is 26.3 Å². The fourth-order valence-corrected chi connectivity index (χ4v) is 4.40. The first-order valence-electron chi connectivity index (χ1n) is 11.7. The van der Waals surface area contributed by atoms with E-state index >= 15 is 0 Å². The van der Waals surface area contributed by atoms with E-state index in [9.17, 15) is 14.4 Å². The summed E-state index contributed by atoms with van der Waals surface area (Å²) in [5.41, 5.74) is 0.877. The highest BCUT2D eigenvalue weighted by molar-refractivity contribution is 7.80. The summed E-state index contributed by atoms with van der Waals surface area (Å²) in [6.07, 6.45) is -0.0633. The number of benzene rings is 3. The average molecular weight is 506 g/mol. The molecule has 1 saturated heterocycles. The molecule has 8 nitrogen and oxygen atoms in total. The number of fused-ring (bicyclic) bond motifs is 1. The first-order chi connectivity index (χ1) is 17.5. The van der Waals surface area contributed by atoms with Gasteiger partial charge in [0.05, 0.1) is 12.8 Å². The molecule has 0 aromatic heterocycles. The summed E-state index contributed by atoms with van der Waals surface area (Å²) in [6, 6.07) is 22.0. The predicted molar refractivity (Wildman–Crippen MR) is 139 cm³/mol. The second-order valence-corrected chi connectivity index (χ2v) is 8.64. The highest BCUT2D eigenvalue weighted by atomic mass is 32.1.